The summed E-state index contributed by atoms with van der Waals surface area (Å²) in [5.74, 6) is -0.162. The number of imidazole rings is 1. The van der Waals surface area contributed by atoms with Crippen LogP contribution in [-0.4, -0.2) is 77.1 Å². The van der Waals surface area contributed by atoms with Crippen LogP contribution in [0.2, 0.25) is 0 Å². The van der Waals surface area contributed by atoms with Gasteiger partial charge in [0.2, 0.25) is 0 Å². The number of nitrogens with one attached hydrogen (secondary N) is 2. The maximum absolute atomic E-state index is 13.2. The lowest BCUT2D eigenvalue weighted by molar-refractivity contribution is 0.0344. The number of benzene rings is 1. The molecule has 1 unspecified atom stereocenters. The third-order valence-corrected chi connectivity index (χ3v) is 4.93. The number of H-pyrrole nitrogens is 1. The molecule has 2 fully saturated rings. The molecular formula is C18H24ClN5O3. The Hall–Kier alpha value is -2.16. The highest BCUT2D eigenvalue weighted by Gasteiger charge is 2.36. The number of halogens is 1. The second kappa shape index (κ2) is 8.69. The molecule has 9 heteroatoms. The zero-order chi connectivity index (χ0) is 17.9. The van der Waals surface area contributed by atoms with Crippen molar-refractivity contribution in [3.05, 3.63) is 30.1 Å². The van der Waals surface area contributed by atoms with Gasteiger partial charge in [0.25, 0.3) is 5.91 Å². The predicted octanol–water partition coefficient (Wildman–Crippen LogP) is 1.63. The van der Waals surface area contributed by atoms with Crippen LogP contribution < -0.4 is 5.32 Å². The first-order valence-corrected chi connectivity index (χ1v) is 9.10. The minimum atomic E-state index is -0.369. The van der Waals surface area contributed by atoms with Crippen LogP contribution in [0.5, 0.6) is 0 Å². The van der Waals surface area contributed by atoms with Crippen molar-refractivity contribution in [2.24, 2.45) is 0 Å². The van der Waals surface area contributed by atoms with E-state index in [4.69, 9.17) is 4.74 Å². The fourth-order valence-corrected chi connectivity index (χ4v) is 3.54. The van der Waals surface area contributed by atoms with Crippen LogP contribution in [-0.2, 0) is 4.74 Å². The molecule has 1 aromatic carbocycles. The van der Waals surface area contributed by atoms with Crippen molar-refractivity contribution in [3.8, 4) is 0 Å². The van der Waals surface area contributed by atoms with Gasteiger partial charge < -0.3 is 19.9 Å². The average Bonchev–Trinajstić information content (AvgIpc) is 3.14. The topological polar surface area (TPSA) is 90.6 Å². The quantitative estimate of drug-likeness (QED) is 0.809. The minimum Gasteiger partial charge on any atom is -0.378 e. The number of imide groups is 1. The van der Waals surface area contributed by atoms with Crippen LogP contribution in [0.1, 0.15) is 23.5 Å². The number of para-hydroxylation sites is 2. The van der Waals surface area contributed by atoms with E-state index in [1.807, 2.05) is 24.3 Å². The molecule has 1 aromatic heterocycles. The molecule has 1 atom stereocenters. The number of piperidine rings is 1. The number of aromatic nitrogens is 2. The van der Waals surface area contributed by atoms with Crippen molar-refractivity contribution >= 4 is 35.4 Å². The van der Waals surface area contributed by atoms with Gasteiger partial charge >= 0.3 is 6.03 Å². The summed E-state index contributed by atoms with van der Waals surface area (Å²) in [5.41, 5.74) is 1.51. The monoisotopic (exact) mass is 393 g/mol. The van der Waals surface area contributed by atoms with Crippen molar-refractivity contribution < 1.29 is 14.3 Å². The summed E-state index contributed by atoms with van der Waals surface area (Å²) in [6.45, 7) is 3.53. The van der Waals surface area contributed by atoms with Crippen molar-refractivity contribution in [2.75, 3.05) is 39.4 Å². The Morgan fingerprint density at radius 2 is 2.00 bits per heavy atom. The number of carbonyl (C=O) groups excluding carboxylic acids is 2. The summed E-state index contributed by atoms with van der Waals surface area (Å²) < 4.78 is 5.33. The fourth-order valence-electron chi connectivity index (χ4n) is 3.54. The van der Waals surface area contributed by atoms with E-state index in [9.17, 15) is 9.59 Å². The summed E-state index contributed by atoms with van der Waals surface area (Å²) >= 11 is 0. The van der Waals surface area contributed by atoms with E-state index < -0.39 is 0 Å². The number of morpholine rings is 1. The van der Waals surface area contributed by atoms with Crippen LogP contribution in [0.15, 0.2) is 24.3 Å². The lowest BCUT2D eigenvalue weighted by atomic mass is 10.1. The molecule has 2 saturated heterocycles. The maximum atomic E-state index is 13.2. The molecule has 0 saturated carbocycles. The van der Waals surface area contributed by atoms with Gasteiger partial charge in [0, 0.05) is 19.6 Å². The van der Waals surface area contributed by atoms with Crippen LogP contribution in [0.3, 0.4) is 0 Å². The number of ether oxygens (including phenoxy) is 1. The van der Waals surface area contributed by atoms with E-state index >= 15 is 0 Å². The van der Waals surface area contributed by atoms with Gasteiger partial charge in [-0.25, -0.2) is 9.78 Å². The van der Waals surface area contributed by atoms with Gasteiger partial charge in [-0.05, 0) is 31.5 Å². The van der Waals surface area contributed by atoms with E-state index in [2.05, 4.69) is 15.3 Å². The van der Waals surface area contributed by atoms with Crippen molar-refractivity contribution in [1.29, 1.82) is 0 Å². The summed E-state index contributed by atoms with van der Waals surface area (Å²) in [4.78, 5) is 36.9. The summed E-state index contributed by atoms with van der Waals surface area (Å²) in [6.07, 6.45) is 1.74. The van der Waals surface area contributed by atoms with Gasteiger partial charge in [-0.3, -0.25) is 9.69 Å². The van der Waals surface area contributed by atoms with Gasteiger partial charge in [0.15, 0.2) is 5.82 Å². The third-order valence-electron chi connectivity index (χ3n) is 4.93. The number of hydrogen-bond acceptors (Lipinski definition) is 5. The summed E-state index contributed by atoms with van der Waals surface area (Å²) in [6, 6.07) is 7.05. The maximum Gasteiger partial charge on any atom is 0.327 e. The zero-order valence-corrected chi connectivity index (χ0v) is 15.8. The van der Waals surface area contributed by atoms with Crippen molar-refractivity contribution in [2.45, 2.75) is 18.9 Å². The highest BCUT2D eigenvalue weighted by atomic mass is 35.5. The number of aromatic amines is 1. The molecule has 2 aliphatic heterocycles. The Kier molecular flexibility index (Phi) is 6.30. The summed E-state index contributed by atoms with van der Waals surface area (Å²) in [7, 11) is 0. The van der Waals surface area contributed by atoms with Gasteiger partial charge in [0.1, 0.15) is 0 Å². The zero-order valence-electron chi connectivity index (χ0n) is 15.0. The van der Waals surface area contributed by atoms with E-state index in [-0.39, 0.29) is 36.2 Å². The first-order chi connectivity index (χ1) is 12.7. The van der Waals surface area contributed by atoms with Crippen molar-refractivity contribution in [1.82, 2.24) is 25.1 Å². The van der Waals surface area contributed by atoms with E-state index in [1.165, 1.54) is 4.90 Å². The molecule has 146 valence electrons. The number of nitrogens with zero attached hydrogens (tertiary/aromatic N) is 3. The van der Waals surface area contributed by atoms with Crippen LogP contribution in [0.25, 0.3) is 11.0 Å². The molecule has 0 bridgehead atoms. The Labute approximate surface area is 163 Å². The number of amides is 3. The standard InChI is InChI=1S/C18H23N5O3.ClH/c24-17(16-20-14-5-1-2-6-15(14)21-16)23(13-4-3-7-19-12-13)18(25)22-8-10-26-11-9-22;/h1-2,5-6,13,19H,3-4,7-12H2,(H,20,21);1H. The Bertz CT molecular complexity index is 766. The first kappa shape index (κ1) is 19.6. The van der Waals surface area contributed by atoms with Gasteiger partial charge in [0.05, 0.1) is 30.3 Å². The first-order valence-electron chi connectivity index (χ1n) is 9.10. The Morgan fingerprint density at radius 1 is 1.22 bits per heavy atom. The van der Waals surface area contributed by atoms with Crippen LogP contribution >= 0.6 is 12.4 Å². The normalized spacial score (nSPS) is 20.1. The lowest BCUT2D eigenvalue weighted by Crippen LogP contribution is -2.57. The molecule has 3 amide bonds. The number of carbonyl (C=O) groups is 2. The number of rotatable bonds is 2. The third kappa shape index (κ3) is 4.07. The molecule has 2 aliphatic rings. The van der Waals surface area contributed by atoms with E-state index in [1.54, 1.807) is 4.90 Å². The second-order valence-electron chi connectivity index (χ2n) is 6.66. The Morgan fingerprint density at radius 3 is 2.70 bits per heavy atom. The molecule has 0 aliphatic carbocycles. The molecular weight excluding hydrogens is 370 g/mol. The van der Waals surface area contributed by atoms with Gasteiger partial charge in [-0.2, -0.15) is 0 Å². The smallest absolute Gasteiger partial charge is 0.327 e. The largest absolute Gasteiger partial charge is 0.378 e. The predicted molar refractivity (Wildman–Crippen MR) is 103 cm³/mol. The minimum absolute atomic E-state index is 0. The van der Waals surface area contributed by atoms with E-state index in [0.29, 0.717) is 32.8 Å². The average molecular weight is 394 g/mol. The molecule has 2 aromatic rings. The molecule has 0 radical (unpaired) electrons. The van der Waals surface area contributed by atoms with Gasteiger partial charge in [-0.15, -0.1) is 12.4 Å². The second-order valence-corrected chi connectivity index (χ2v) is 6.66. The molecule has 4 rings (SSSR count). The number of urea groups is 1. The number of fused-ring (bicyclic) bond motifs is 1. The Balaban J connectivity index is 0.00000210. The molecule has 0 spiro atoms. The lowest BCUT2D eigenvalue weighted by Gasteiger charge is -2.37. The molecule has 27 heavy (non-hydrogen) atoms. The molecule has 8 nitrogen and oxygen atoms in total. The van der Waals surface area contributed by atoms with Crippen molar-refractivity contribution in [3.63, 3.8) is 0 Å². The fraction of sp³-hybridized carbons (Fsp3) is 0.500. The van der Waals surface area contributed by atoms with Crippen LogP contribution in [0.4, 0.5) is 4.79 Å². The van der Waals surface area contributed by atoms with Gasteiger partial charge in [-0.1, -0.05) is 12.1 Å². The highest BCUT2D eigenvalue weighted by Crippen LogP contribution is 2.18. The van der Waals surface area contributed by atoms with E-state index in [0.717, 1.165) is 30.4 Å². The molecule has 2 N–H and O–H groups in total. The highest BCUT2D eigenvalue weighted by molar-refractivity contribution is 6.04. The summed E-state index contributed by atoms with van der Waals surface area (Å²) in [5, 5.41) is 3.29. The van der Waals surface area contributed by atoms with Crippen LogP contribution in [0, 0.1) is 0 Å². The molecule has 3 heterocycles. The number of hydrogen-bond donors (Lipinski definition) is 2. The SMILES string of the molecule is Cl.O=C(c1nc2ccccc2[nH]1)N(C(=O)N1CCOCC1)C1CCCNC1.